The third-order valence-electron chi connectivity index (χ3n) is 13.0. The van der Waals surface area contributed by atoms with E-state index in [0.717, 1.165) is 64.2 Å². The number of unbranched alkanes of at least 4 members (excludes halogenated alkanes) is 38. The molecule has 0 aromatic carbocycles. The summed E-state index contributed by atoms with van der Waals surface area (Å²) in [6.45, 7) is 6.63. The summed E-state index contributed by atoms with van der Waals surface area (Å²) < 4.78 is 16.8. The Labute approximate surface area is 404 Å². The standard InChI is InChI=1S/C59H110O6/c1-4-7-10-13-16-18-20-22-24-25-26-27-28-29-30-31-32-33-35-36-38-40-43-46-49-52-58(61)64-55-56(54-63-57(60)51-48-45-42-15-12-9-6-3)65-59(62)53-50-47-44-41-39-37-34-23-21-19-17-14-11-8-5-2/h20,22,25-26,56H,4-19,21,23-24,27-55H2,1-3H3/b22-20-,26-25-. The van der Waals surface area contributed by atoms with Crippen molar-refractivity contribution in [2.75, 3.05) is 13.2 Å². The van der Waals surface area contributed by atoms with Crippen LogP contribution in [0, 0.1) is 0 Å². The third-order valence-corrected chi connectivity index (χ3v) is 13.0. The smallest absolute Gasteiger partial charge is 0.306 e. The van der Waals surface area contributed by atoms with Gasteiger partial charge in [-0.25, -0.2) is 0 Å². The summed E-state index contributed by atoms with van der Waals surface area (Å²) in [6.07, 6.45) is 63.4. The van der Waals surface area contributed by atoms with Gasteiger partial charge in [0, 0.05) is 19.3 Å². The monoisotopic (exact) mass is 915 g/mol. The quantitative estimate of drug-likeness (QED) is 0.0262. The fourth-order valence-electron chi connectivity index (χ4n) is 8.59. The topological polar surface area (TPSA) is 78.9 Å². The van der Waals surface area contributed by atoms with Crippen molar-refractivity contribution in [2.45, 2.75) is 322 Å². The lowest BCUT2D eigenvalue weighted by Crippen LogP contribution is -2.30. The van der Waals surface area contributed by atoms with Gasteiger partial charge in [0.1, 0.15) is 13.2 Å². The van der Waals surface area contributed by atoms with E-state index in [4.69, 9.17) is 14.2 Å². The molecule has 0 fully saturated rings. The number of esters is 3. The Morgan fingerprint density at radius 2 is 0.554 bits per heavy atom. The normalized spacial score (nSPS) is 12.1. The van der Waals surface area contributed by atoms with Crippen LogP contribution in [0.5, 0.6) is 0 Å². The van der Waals surface area contributed by atoms with Crippen molar-refractivity contribution in [3.63, 3.8) is 0 Å². The first-order chi connectivity index (χ1) is 32.0. The summed E-state index contributed by atoms with van der Waals surface area (Å²) in [7, 11) is 0. The fraction of sp³-hybridized carbons (Fsp3) is 0.881. The maximum atomic E-state index is 12.8. The van der Waals surface area contributed by atoms with E-state index in [-0.39, 0.29) is 31.1 Å². The highest BCUT2D eigenvalue weighted by molar-refractivity contribution is 5.71. The van der Waals surface area contributed by atoms with Crippen molar-refractivity contribution in [2.24, 2.45) is 0 Å². The van der Waals surface area contributed by atoms with Crippen molar-refractivity contribution in [1.82, 2.24) is 0 Å². The van der Waals surface area contributed by atoms with Crippen molar-refractivity contribution < 1.29 is 28.6 Å². The van der Waals surface area contributed by atoms with Crippen LogP contribution in [0.4, 0.5) is 0 Å². The van der Waals surface area contributed by atoms with E-state index in [1.807, 2.05) is 0 Å². The van der Waals surface area contributed by atoms with Crippen LogP contribution >= 0.6 is 0 Å². The highest BCUT2D eigenvalue weighted by Crippen LogP contribution is 2.17. The Balaban J connectivity index is 4.09. The van der Waals surface area contributed by atoms with Gasteiger partial charge in [-0.1, -0.05) is 270 Å². The summed E-state index contributed by atoms with van der Waals surface area (Å²) >= 11 is 0. The lowest BCUT2D eigenvalue weighted by molar-refractivity contribution is -0.167. The number of carbonyl (C=O) groups excluding carboxylic acids is 3. The summed E-state index contributed by atoms with van der Waals surface area (Å²) in [6, 6.07) is 0. The average Bonchev–Trinajstić information content (AvgIpc) is 3.30. The minimum atomic E-state index is -0.764. The Kier molecular flexibility index (Phi) is 52.7. The molecule has 1 atom stereocenters. The summed E-state index contributed by atoms with van der Waals surface area (Å²) in [5, 5.41) is 0. The lowest BCUT2D eigenvalue weighted by Gasteiger charge is -2.18. The van der Waals surface area contributed by atoms with Crippen LogP contribution in [0.3, 0.4) is 0 Å². The van der Waals surface area contributed by atoms with E-state index >= 15 is 0 Å². The molecule has 0 aliphatic heterocycles. The van der Waals surface area contributed by atoms with E-state index < -0.39 is 6.10 Å². The van der Waals surface area contributed by atoms with E-state index in [9.17, 15) is 14.4 Å². The largest absolute Gasteiger partial charge is 0.462 e. The first kappa shape index (κ1) is 62.9. The van der Waals surface area contributed by atoms with Gasteiger partial charge in [-0.2, -0.15) is 0 Å². The van der Waals surface area contributed by atoms with Gasteiger partial charge in [0.2, 0.25) is 0 Å². The molecular weight excluding hydrogens is 805 g/mol. The number of hydrogen-bond acceptors (Lipinski definition) is 6. The SMILES string of the molecule is CCCCCCC/C=C\C/C=C\CCCCCCCCCCCCCCCC(=O)OCC(COC(=O)CCCCCCCCC)OC(=O)CCCCCCCCCCCCCCCCC. The lowest BCUT2D eigenvalue weighted by atomic mass is 10.0. The number of carbonyl (C=O) groups is 3. The molecule has 0 spiro atoms. The predicted molar refractivity (Wildman–Crippen MR) is 279 cm³/mol. The Morgan fingerprint density at radius 1 is 0.308 bits per heavy atom. The molecule has 6 nitrogen and oxygen atoms in total. The molecule has 0 aliphatic rings. The molecule has 0 aliphatic carbocycles. The molecule has 0 aromatic heterocycles. The van der Waals surface area contributed by atoms with Crippen LogP contribution in [-0.4, -0.2) is 37.2 Å². The van der Waals surface area contributed by atoms with Crippen molar-refractivity contribution >= 4 is 17.9 Å². The van der Waals surface area contributed by atoms with Gasteiger partial charge in [-0.3, -0.25) is 14.4 Å². The van der Waals surface area contributed by atoms with Crippen LogP contribution in [0.1, 0.15) is 316 Å². The van der Waals surface area contributed by atoms with Gasteiger partial charge in [0.15, 0.2) is 6.10 Å². The van der Waals surface area contributed by atoms with E-state index in [2.05, 4.69) is 45.1 Å². The van der Waals surface area contributed by atoms with Crippen LogP contribution in [0.15, 0.2) is 24.3 Å². The molecule has 0 N–H and O–H groups in total. The van der Waals surface area contributed by atoms with Gasteiger partial charge in [-0.15, -0.1) is 0 Å². The Hall–Kier alpha value is -2.11. The predicted octanol–water partition coefficient (Wildman–Crippen LogP) is 19.1. The van der Waals surface area contributed by atoms with Crippen molar-refractivity contribution in [3.8, 4) is 0 Å². The maximum absolute atomic E-state index is 12.8. The van der Waals surface area contributed by atoms with Gasteiger partial charge in [-0.05, 0) is 51.4 Å². The molecule has 1 unspecified atom stereocenters. The molecule has 65 heavy (non-hydrogen) atoms. The zero-order valence-electron chi connectivity index (χ0n) is 43.8. The molecule has 0 saturated heterocycles. The average molecular weight is 916 g/mol. The van der Waals surface area contributed by atoms with Gasteiger partial charge < -0.3 is 14.2 Å². The highest BCUT2D eigenvalue weighted by atomic mass is 16.6. The molecule has 0 bridgehead atoms. The molecule has 0 saturated carbocycles. The fourth-order valence-corrected chi connectivity index (χ4v) is 8.59. The summed E-state index contributed by atoms with van der Waals surface area (Å²) in [4.78, 5) is 37.9. The van der Waals surface area contributed by atoms with Gasteiger partial charge in [0.05, 0.1) is 0 Å². The van der Waals surface area contributed by atoms with Crippen molar-refractivity contribution in [3.05, 3.63) is 24.3 Å². The van der Waals surface area contributed by atoms with Crippen molar-refractivity contribution in [1.29, 1.82) is 0 Å². The first-order valence-corrected chi connectivity index (χ1v) is 28.8. The molecule has 0 aromatic rings. The van der Waals surface area contributed by atoms with E-state index in [0.29, 0.717) is 19.3 Å². The number of ether oxygens (including phenoxy) is 3. The molecule has 6 heteroatoms. The summed E-state index contributed by atoms with van der Waals surface area (Å²) in [5.74, 6) is -0.855. The van der Waals surface area contributed by atoms with Crippen LogP contribution in [0.2, 0.25) is 0 Å². The van der Waals surface area contributed by atoms with Gasteiger partial charge in [0.25, 0.3) is 0 Å². The third kappa shape index (κ3) is 52.7. The molecule has 0 heterocycles. The molecule has 0 rings (SSSR count). The number of rotatable bonds is 53. The molecular formula is C59H110O6. The molecule has 382 valence electrons. The zero-order valence-corrected chi connectivity index (χ0v) is 43.8. The maximum Gasteiger partial charge on any atom is 0.306 e. The Bertz CT molecular complexity index is 1050. The molecule has 0 amide bonds. The Morgan fingerprint density at radius 3 is 0.846 bits per heavy atom. The van der Waals surface area contributed by atoms with E-state index in [1.54, 1.807) is 0 Å². The first-order valence-electron chi connectivity index (χ1n) is 28.8. The minimum absolute atomic E-state index is 0.0665. The zero-order chi connectivity index (χ0) is 47.2. The van der Waals surface area contributed by atoms with E-state index in [1.165, 1.54) is 212 Å². The second-order valence-corrected chi connectivity index (χ2v) is 19.6. The second kappa shape index (κ2) is 54.5. The number of allylic oxidation sites excluding steroid dienone is 4. The number of hydrogen-bond donors (Lipinski definition) is 0. The van der Waals surface area contributed by atoms with Crippen LogP contribution in [0.25, 0.3) is 0 Å². The van der Waals surface area contributed by atoms with Crippen LogP contribution < -0.4 is 0 Å². The minimum Gasteiger partial charge on any atom is -0.462 e. The highest BCUT2D eigenvalue weighted by Gasteiger charge is 2.19. The second-order valence-electron chi connectivity index (χ2n) is 19.6. The van der Waals surface area contributed by atoms with Gasteiger partial charge >= 0.3 is 17.9 Å². The summed E-state index contributed by atoms with van der Waals surface area (Å²) in [5.41, 5.74) is 0. The molecule has 0 radical (unpaired) electrons. The van der Waals surface area contributed by atoms with Crippen LogP contribution in [-0.2, 0) is 28.6 Å².